The molecule has 0 aromatic carbocycles. The summed E-state index contributed by atoms with van der Waals surface area (Å²) in [4.78, 5) is 46.8. The molecule has 1 saturated carbocycles. The maximum absolute atomic E-state index is 13.2. The molecule has 1 saturated heterocycles. The van der Waals surface area contributed by atoms with Crippen molar-refractivity contribution in [1.82, 2.24) is 24.4 Å². The number of hydrogen-bond acceptors (Lipinski definition) is 4. The summed E-state index contributed by atoms with van der Waals surface area (Å²) in [5, 5.41) is 3.23. The summed E-state index contributed by atoms with van der Waals surface area (Å²) >= 11 is 0. The minimum Gasteiger partial charge on any atom is -0.337 e. The molecule has 0 unspecified atom stereocenters. The highest BCUT2D eigenvalue weighted by atomic mass is 16.2. The number of H-pyrrole nitrogens is 1. The molecule has 5 rings (SSSR count). The Morgan fingerprint density at radius 1 is 1.20 bits per heavy atom. The van der Waals surface area contributed by atoms with Gasteiger partial charge in [-0.1, -0.05) is 6.92 Å². The van der Waals surface area contributed by atoms with Crippen LogP contribution in [0.2, 0.25) is 0 Å². The van der Waals surface area contributed by atoms with Gasteiger partial charge in [0.25, 0.3) is 5.56 Å². The Morgan fingerprint density at radius 2 is 2.03 bits per heavy atom. The largest absolute Gasteiger partial charge is 0.337 e. The molecule has 1 atom stereocenters. The van der Waals surface area contributed by atoms with Crippen molar-refractivity contribution in [3.05, 3.63) is 33.4 Å². The van der Waals surface area contributed by atoms with Gasteiger partial charge in [0.1, 0.15) is 0 Å². The first kappa shape index (κ1) is 19.3. The third kappa shape index (κ3) is 3.32. The van der Waals surface area contributed by atoms with E-state index in [9.17, 15) is 14.4 Å². The molecule has 4 heterocycles. The highest BCUT2D eigenvalue weighted by molar-refractivity contribution is 5.81. The fourth-order valence-corrected chi connectivity index (χ4v) is 4.86. The second-order valence-corrected chi connectivity index (χ2v) is 8.88. The van der Waals surface area contributed by atoms with E-state index in [1.807, 2.05) is 22.8 Å². The Bertz CT molecular complexity index is 1050. The lowest BCUT2D eigenvalue weighted by Gasteiger charge is -2.35. The van der Waals surface area contributed by atoms with Crippen LogP contribution < -0.4 is 5.56 Å². The molecule has 2 fully saturated rings. The van der Waals surface area contributed by atoms with Gasteiger partial charge in [-0.3, -0.25) is 19.5 Å². The van der Waals surface area contributed by atoms with E-state index in [0.29, 0.717) is 37.1 Å². The average Bonchev–Trinajstić information content (AvgIpc) is 3.52. The molecular formula is C22H29N5O3. The standard InChI is InChI=1S/C22H29N5O3/c1-2-5-20(28)26-10-4-3-6-18(26)17-12-19-23-16-9-11-25(21(29)14-7-8-14)13-15(16)22(30)27(19)24-17/h12,14,18,24H,2-11,13H2,1H3/t18-/m0/s1. The molecule has 160 valence electrons. The molecular weight excluding hydrogens is 382 g/mol. The van der Waals surface area contributed by atoms with Gasteiger partial charge < -0.3 is 9.80 Å². The van der Waals surface area contributed by atoms with Crippen LogP contribution in [-0.4, -0.2) is 49.3 Å². The zero-order valence-corrected chi connectivity index (χ0v) is 17.5. The summed E-state index contributed by atoms with van der Waals surface area (Å²) in [5.74, 6) is 0.500. The number of carbonyl (C=O) groups excluding carboxylic acids is 2. The number of nitrogens with zero attached hydrogens (tertiary/aromatic N) is 4. The minimum atomic E-state index is -0.128. The predicted octanol–water partition coefficient (Wildman–Crippen LogP) is 2.17. The Labute approximate surface area is 175 Å². The molecule has 2 aliphatic heterocycles. The lowest BCUT2D eigenvalue weighted by molar-refractivity contribution is -0.135. The quantitative estimate of drug-likeness (QED) is 0.835. The van der Waals surface area contributed by atoms with Crippen LogP contribution in [0.5, 0.6) is 0 Å². The summed E-state index contributed by atoms with van der Waals surface area (Å²) in [6, 6.07) is 1.88. The molecule has 0 bridgehead atoms. The highest BCUT2D eigenvalue weighted by Gasteiger charge is 2.36. The van der Waals surface area contributed by atoms with Crippen LogP contribution in [0.3, 0.4) is 0 Å². The fourth-order valence-electron chi connectivity index (χ4n) is 4.86. The highest BCUT2D eigenvalue weighted by Crippen LogP contribution is 2.33. The van der Waals surface area contributed by atoms with Gasteiger partial charge in [0, 0.05) is 37.9 Å². The number of nitrogens with one attached hydrogen (secondary N) is 1. The van der Waals surface area contributed by atoms with Crippen molar-refractivity contribution in [2.45, 2.75) is 70.9 Å². The van der Waals surface area contributed by atoms with E-state index in [-0.39, 0.29) is 29.3 Å². The lowest BCUT2D eigenvalue weighted by Crippen LogP contribution is -2.41. The second-order valence-electron chi connectivity index (χ2n) is 8.88. The molecule has 1 N–H and O–H groups in total. The van der Waals surface area contributed by atoms with Crippen LogP contribution >= 0.6 is 0 Å². The van der Waals surface area contributed by atoms with E-state index in [4.69, 9.17) is 4.98 Å². The van der Waals surface area contributed by atoms with Crippen molar-refractivity contribution in [2.75, 3.05) is 13.1 Å². The first-order valence-corrected chi connectivity index (χ1v) is 11.3. The van der Waals surface area contributed by atoms with Crippen LogP contribution in [0, 0.1) is 5.92 Å². The molecule has 0 radical (unpaired) electrons. The van der Waals surface area contributed by atoms with Crippen LogP contribution in [-0.2, 0) is 22.6 Å². The van der Waals surface area contributed by atoms with Crippen molar-refractivity contribution >= 4 is 17.5 Å². The normalized spacial score (nSPS) is 21.7. The fraction of sp³-hybridized carbons (Fsp3) is 0.636. The van der Waals surface area contributed by atoms with Gasteiger partial charge in [-0.15, -0.1) is 0 Å². The minimum absolute atomic E-state index is 0.0381. The van der Waals surface area contributed by atoms with Gasteiger partial charge in [0.2, 0.25) is 11.8 Å². The van der Waals surface area contributed by atoms with Crippen molar-refractivity contribution in [2.24, 2.45) is 5.92 Å². The van der Waals surface area contributed by atoms with Gasteiger partial charge in [0.05, 0.1) is 29.5 Å². The number of amides is 2. The number of rotatable bonds is 4. The molecule has 2 amide bonds. The monoisotopic (exact) mass is 411 g/mol. The van der Waals surface area contributed by atoms with E-state index in [1.54, 1.807) is 0 Å². The SMILES string of the molecule is CCCC(=O)N1CCCC[C@H]1c1cc2nc3c(c(=O)n2[nH]1)CN(C(=O)C1CC1)CC3. The van der Waals surface area contributed by atoms with Gasteiger partial charge in [-0.2, -0.15) is 0 Å². The van der Waals surface area contributed by atoms with Gasteiger partial charge in [0.15, 0.2) is 5.65 Å². The number of hydrogen-bond donors (Lipinski definition) is 1. The van der Waals surface area contributed by atoms with E-state index in [1.165, 1.54) is 4.52 Å². The van der Waals surface area contributed by atoms with E-state index >= 15 is 0 Å². The Balaban J connectivity index is 1.47. The lowest BCUT2D eigenvalue weighted by atomic mass is 9.98. The third-order valence-electron chi connectivity index (χ3n) is 6.67. The number of carbonyl (C=O) groups is 2. The molecule has 0 spiro atoms. The van der Waals surface area contributed by atoms with Crippen molar-refractivity contribution in [1.29, 1.82) is 0 Å². The first-order valence-electron chi connectivity index (χ1n) is 11.3. The summed E-state index contributed by atoms with van der Waals surface area (Å²) in [6.07, 6.45) is 6.90. The maximum Gasteiger partial charge on any atom is 0.277 e. The zero-order chi connectivity index (χ0) is 20.8. The number of piperidine rings is 1. The molecule has 2 aromatic heterocycles. The van der Waals surface area contributed by atoms with E-state index in [2.05, 4.69) is 5.10 Å². The van der Waals surface area contributed by atoms with Gasteiger partial charge in [-0.25, -0.2) is 9.50 Å². The Hall–Kier alpha value is -2.64. The molecule has 8 nitrogen and oxygen atoms in total. The third-order valence-corrected chi connectivity index (χ3v) is 6.67. The van der Waals surface area contributed by atoms with E-state index < -0.39 is 0 Å². The smallest absolute Gasteiger partial charge is 0.277 e. The summed E-state index contributed by atoms with van der Waals surface area (Å²) in [7, 11) is 0. The van der Waals surface area contributed by atoms with Crippen LogP contribution in [0.25, 0.3) is 5.65 Å². The molecule has 8 heteroatoms. The maximum atomic E-state index is 13.2. The molecule has 3 aliphatic rings. The summed E-state index contributed by atoms with van der Waals surface area (Å²) in [5.41, 5.74) is 2.76. The van der Waals surface area contributed by atoms with E-state index in [0.717, 1.165) is 56.5 Å². The zero-order valence-electron chi connectivity index (χ0n) is 17.5. The topological polar surface area (TPSA) is 90.8 Å². The van der Waals surface area contributed by atoms with Crippen LogP contribution in [0.1, 0.15) is 74.9 Å². The summed E-state index contributed by atoms with van der Waals surface area (Å²) in [6.45, 7) is 3.75. The van der Waals surface area contributed by atoms with Crippen LogP contribution in [0.4, 0.5) is 0 Å². The van der Waals surface area contributed by atoms with Gasteiger partial charge >= 0.3 is 0 Å². The van der Waals surface area contributed by atoms with Crippen molar-refractivity contribution < 1.29 is 9.59 Å². The van der Waals surface area contributed by atoms with Crippen molar-refractivity contribution in [3.8, 4) is 0 Å². The predicted molar refractivity (Wildman–Crippen MR) is 111 cm³/mol. The summed E-state index contributed by atoms with van der Waals surface area (Å²) < 4.78 is 1.50. The first-order chi connectivity index (χ1) is 14.6. The Morgan fingerprint density at radius 3 is 2.80 bits per heavy atom. The van der Waals surface area contributed by atoms with Gasteiger partial charge in [-0.05, 0) is 38.5 Å². The second kappa shape index (κ2) is 7.56. The van der Waals surface area contributed by atoms with Crippen LogP contribution in [0.15, 0.2) is 10.9 Å². The number of fused-ring (bicyclic) bond motifs is 2. The molecule has 30 heavy (non-hydrogen) atoms. The Kier molecular flexibility index (Phi) is 4.87. The molecule has 1 aliphatic carbocycles. The van der Waals surface area contributed by atoms with Crippen molar-refractivity contribution in [3.63, 3.8) is 0 Å². The number of aromatic nitrogens is 3. The average molecular weight is 412 g/mol. The number of aromatic amines is 1. The molecule has 2 aromatic rings. The number of likely N-dealkylation sites (tertiary alicyclic amines) is 1.